The van der Waals surface area contributed by atoms with Gasteiger partial charge in [0.2, 0.25) is 0 Å². The van der Waals surface area contributed by atoms with E-state index in [9.17, 15) is 19.7 Å². The van der Waals surface area contributed by atoms with Crippen LogP contribution < -0.4 is 5.73 Å². The number of ether oxygens (including phenoxy) is 2. The fourth-order valence-corrected chi connectivity index (χ4v) is 1.38. The minimum Gasteiger partial charge on any atom is -0.462 e. The lowest BCUT2D eigenvalue weighted by Crippen LogP contribution is -2.16. The van der Waals surface area contributed by atoms with E-state index in [1.54, 1.807) is 13.8 Å². The van der Waals surface area contributed by atoms with Crippen molar-refractivity contribution in [3.63, 3.8) is 0 Å². The summed E-state index contributed by atoms with van der Waals surface area (Å²) in [5.41, 5.74) is 4.54. The topological polar surface area (TPSA) is 135 Å². The SMILES string of the molecule is CCOC(=O)c1cc(N)c(C(=O)OCC)nc1[N+](=O)[O-]. The number of pyridine rings is 1. The fourth-order valence-electron chi connectivity index (χ4n) is 1.38. The predicted octanol–water partition coefficient (Wildman–Crippen LogP) is 0.925. The highest BCUT2D eigenvalue weighted by Gasteiger charge is 2.30. The van der Waals surface area contributed by atoms with Crippen molar-refractivity contribution >= 4 is 23.4 Å². The van der Waals surface area contributed by atoms with Crippen LogP contribution in [0.1, 0.15) is 34.7 Å². The molecule has 0 saturated carbocycles. The van der Waals surface area contributed by atoms with Crippen molar-refractivity contribution < 1.29 is 24.0 Å². The van der Waals surface area contributed by atoms with Crippen molar-refractivity contribution in [2.75, 3.05) is 18.9 Å². The first-order valence-corrected chi connectivity index (χ1v) is 5.71. The third-order valence-corrected chi connectivity index (χ3v) is 2.17. The van der Waals surface area contributed by atoms with Crippen LogP contribution >= 0.6 is 0 Å². The Morgan fingerprint density at radius 2 is 1.85 bits per heavy atom. The molecule has 9 nitrogen and oxygen atoms in total. The number of nitro groups is 1. The molecule has 1 heterocycles. The molecule has 1 aromatic heterocycles. The summed E-state index contributed by atoms with van der Waals surface area (Å²) in [7, 11) is 0. The molecule has 0 spiro atoms. The first-order valence-electron chi connectivity index (χ1n) is 5.71. The lowest BCUT2D eigenvalue weighted by Gasteiger charge is -2.06. The lowest BCUT2D eigenvalue weighted by atomic mass is 10.2. The molecule has 1 aromatic rings. The molecule has 0 saturated heterocycles. The number of aromatic nitrogens is 1. The molecule has 0 atom stereocenters. The third kappa shape index (κ3) is 3.19. The summed E-state index contributed by atoms with van der Waals surface area (Å²) < 4.78 is 9.34. The van der Waals surface area contributed by atoms with E-state index < -0.39 is 33.9 Å². The average molecular weight is 283 g/mol. The van der Waals surface area contributed by atoms with Gasteiger partial charge in [0, 0.05) is 0 Å². The molecule has 0 fully saturated rings. The Hall–Kier alpha value is -2.71. The molecule has 1 rings (SSSR count). The van der Waals surface area contributed by atoms with E-state index in [1.165, 1.54) is 0 Å². The minimum atomic E-state index is -0.936. The summed E-state index contributed by atoms with van der Waals surface area (Å²) >= 11 is 0. The zero-order valence-corrected chi connectivity index (χ0v) is 10.9. The number of carbonyl (C=O) groups is 2. The average Bonchev–Trinajstić information content (AvgIpc) is 2.38. The molecule has 20 heavy (non-hydrogen) atoms. The van der Waals surface area contributed by atoms with Crippen LogP contribution in [0, 0.1) is 10.1 Å². The van der Waals surface area contributed by atoms with Crippen molar-refractivity contribution in [1.29, 1.82) is 0 Å². The van der Waals surface area contributed by atoms with Crippen molar-refractivity contribution in [2.45, 2.75) is 13.8 Å². The van der Waals surface area contributed by atoms with Gasteiger partial charge in [0.25, 0.3) is 5.69 Å². The van der Waals surface area contributed by atoms with Gasteiger partial charge in [0.15, 0.2) is 5.56 Å². The fraction of sp³-hybridized carbons (Fsp3) is 0.364. The molecular formula is C11H13N3O6. The first-order chi connectivity index (χ1) is 9.42. The Bertz CT molecular complexity index is 557. The van der Waals surface area contributed by atoms with Gasteiger partial charge in [-0.1, -0.05) is 0 Å². The highest BCUT2D eigenvalue weighted by Crippen LogP contribution is 2.23. The first kappa shape index (κ1) is 15.3. The standard InChI is InChI=1S/C11H13N3O6/c1-3-19-10(15)6-5-7(12)8(11(16)20-4-2)13-9(6)14(17)18/h5H,3-4,12H2,1-2H3. The molecule has 0 unspecified atom stereocenters. The van der Waals surface area contributed by atoms with E-state index in [4.69, 9.17) is 5.73 Å². The second kappa shape index (κ2) is 6.45. The number of anilines is 1. The van der Waals surface area contributed by atoms with Crippen LogP contribution in [0.3, 0.4) is 0 Å². The van der Waals surface area contributed by atoms with Crippen LogP contribution in [-0.2, 0) is 9.47 Å². The minimum absolute atomic E-state index is 0.0372. The quantitative estimate of drug-likeness (QED) is 0.479. The number of nitrogen functional groups attached to an aromatic ring is 1. The molecule has 0 aliphatic heterocycles. The molecule has 0 bridgehead atoms. The molecule has 0 aliphatic rings. The second-order valence-electron chi connectivity index (χ2n) is 3.50. The summed E-state index contributed by atoms with van der Waals surface area (Å²) in [5.74, 6) is -2.64. The van der Waals surface area contributed by atoms with Gasteiger partial charge in [-0.2, -0.15) is 0 Å². The van der Waals surface area contributed by atoms with E-state index in [0.29, 0.717) is 0 Å². The maximum atomic E-state index is 11.6. The monoisotopic (exact) mass is 283 g/mol. The number of carbonyl (C=O) groups excluding carboxylic acids is 2. The number of esters is 2. The molecule has 0 amide bonds. The van der Waals surface area contributed by atoms with Gasteiger partial charge in [0.05, 0.1) is 18.9 Å². The van der Waals surface area contributed by atoms with Gasteiger partial charge in [-0.3, -0.25) is 0 Å². The summed E-state index contributed by atoms with van der Waals surface area (Å²) in [5, 5.41) is 10.9. The Kier molecular flexibility index (Phi) is 4.95. The van der Waals surface area contributed by atoms with Gasteiger partial charge in [0.1, 0.15) is 0 Å². The smallest absolute Gasteiger partial charge is 0.385 e. The van der Waals surface area contributed by atoms with Crippen LogP contribution in [0.4, 0.5) is 11.5 Å². The van der Waals surface area contributed by atoms with Gasteiger partial charge < -0.3 is 25.3 Å². The molecule has 0 aliphatic carbocycles. The van der Waals surface area contributed by atoms with Gasteiger partial charge >= 0.3 is 17.8 Å². The van der Waals surface area contributed by atoms with Crippen LogP contribution in [0.2, 0.25) is 0 Å². The van der Waals surface area contributed by atoms with Crippen LogP contribution in [0.15, 0.2) is 6.07 Å². The van der Waals surface area contributed by atoms with E-state index in [-0.39, 0.29) is 18.9 Å². The highest BCUT2D eigenvalue weighted by atomic mass is 16.6. The maximum absolute atomic E-state index is 11.6. The molecular weight excluding hydrogens is 270 g/mol. The van der Waals surface area contributed by atoms with Crippen molar-refractivity contribution in [3.8, 4) is 0 Å². The zero-order chi connectivity index (χ0) is 15.3. The van der Waals surface area contributed by atoms with Crippen LogP contribution in [-0.4, -0.2) is 35.1 Å². The summed E-state index contributed by atoms with van der Waals surface area (Å²) in [4.78, 5) is 36.7. The Morgan fingerprint density at radius 3 is 2.35 bits per heavy atom. The molecule has 9 heteroatoms. The number of rotatable bonds is 5. The van der Waals surface area contributed by atoms with Gasteiger partial charge in [-0.25, -0.2) is 9.59 Å². The van der Waals surface area contributed by atoms with Crippen molar-refractivity contribution in [2.24, 2.45) is 0 Å². The number of hydrogen-bond acceptors (Lipinski definition) is 8. The predicted molar refractivity (Wildman–Crippen MR) is 67.2 cm³/mol. The van der Waals surface area contributed by atoms with Crippen molar-refractivity contribution in [1.82, 2.24) is 4.98 Å². The Morgan fingerprint density at radius 1 is 1.30 bits per heavy atom. The zero-order valence-electron chi connectivity index (χ0n) is 10.9. The molecule has 2 N–H and O–H groups in total. The largest absolute Gasteiger partial charge is 0.462 e. The summed E-state index contributed by atoms with van der Waals surface area (Å²) in [6.07, 6.45) is 0. The lowest BCUT2D eigenvalue weighted by molar-refractivity contribution is -0.389. The Labute approximate surface area is 113 Å². The van der Waals surface area contributed by atoms with Gasteiger partial charge in [-0.05, 0) is 29.8 Å². The highest BCUT2D eigenvalue weighted by molar-refractivity contribution is 5.98. The van der Waals surface area contributed by atoms with E-state index in [1.807, 2.05) is 0 Å². The maximum Gasteiger partial charge on any atom is 0.385 e. The normalized spacial score (nSPS) is 9.90. The van der Waals surface area contributed by atoms with Crippen molar-refractivity contribution in [3.05, 3.63) is 27.4 Å². The molecule has 0 radical (unpaired) electrons. The number of nitrogens with two attached hydrogens (primary N) is 1. The van der Waals surface area contributed by atoms with E-state index in [2.05, 4.69) is 14.5 Å². The molecule has 0 aromatic carbocycles. The van der Waals surface area contributed by atoms with Crippen LogP contribution in [0.5, 0.6) is 0 Å². The second-order valence-corrected chi connectivity index (χ2v) is 3.50. The third-order valence-electron chi connectivity index (χ3n) is 2.17. The van der Waals surface area contributed by atoms with Crippen LogP contribution in [0.25, 0.3) is 0 Å². The Balaban J connectivity index is 3.35. The summed E-state index contributed by atoms with van der Waals surface area (Å²) in [6.45, 7) is 3.21. The number of hydrogen-bond donors (Lipinski definition) is 1. The van der Waals surface area contributed by atoms with E-state index >= 15 is 0 Å². The molecule has 108 valence electrons. The number of nitrogens with zero attached hydrogens (tertiary/aromatic N) is 2. The summed E-state index contributed by atoms with van der Waals surface area (Å²) in [6, 6.07) is 0.982. The van der Waals surface area contributed by atoms with E-state index in [0.717, 1.165) is 6.07 Å². The van der Waals surface area contributed by atoms with Gasteiger partial charge in [-0.15, -0.1) is 0 Å².